The van der Waals surface area contributed by atoms with Crippen LogP contribution in [0, 0.1) is 0 Å². The van der Waals surface area contributed by atoms with Crippen molar-refractivity contribution >= 4 is 5.91 Å². The maximum Gasteiger partial charge on any atom is 0.258 e. The summed E-state index contributed by atoms with van der Waals surface area (Å²) in [6.07, 6.45) is 5.87. The molecule has 0 N–H and O–H groups in total. The van der Waals surface area contributed by atoms with Gasteiger partial charge < -0.3 is 14.4 Å². The molecule has 2 atom stereocenters. The molecule has 2 saturated heterocycles. The summed E-state index contributed by atoms with van der Waals surface area (Å²) in [5, 5.41) is 8.44. The standard InChI is InChI=1S/C19H24N4O3/c1-25-12-13-11-22(21-20-13)16-9-14-7-8-15(10-16)23(14)19(24)17-5-3-4-6-18(17)26-2/h3-6,11,14-16H,7-10,12H2,1-2H3. The van der Waals surface area contributed by atoms with Crippen LogP contribution in [0.5, 0.6) is 5.75 Å². The Kier molecular flexibility index (Phi) is 4.63. The monoisotopic (exact) mass is 356 g/mol. The minimum Gasteiger partial charge on any atom is -0.496 e. The summed E-state index contributed by atoms with van der Waals surface area (Å²) in [5.41, 5.74) is 1.49. The van der Waals surface area contributed by atoms with Crippen molar-refractivity contribution in [3.63, 3.8) is 0 Å². The van der Waals surface area contributed by atoms with Crippen molar-refractivity contribution in [2.75, 3.05) is 14.2 Å². The Bertz CT molecular complexity index is 777. The molecule has 0 saturated carbocycles. The fraction of sp³-hybridized carbons (Fsp3) is 0.526. The number of ether oxygens (including phenoxy) is 2. The van der Waals surface area contributed by atoms with Gasteiger partial charge in [-0.2, -0.15) is 0 Å². The molecule has 1 aromatic heterocycles. The van der Waals surface area contributed by atoms with Gasteiger partial charge in [0.2, 0.25) is 0 Å². The second-order valence-corrected chi connectivity index (χ2v) is 7.05. The number of aromatic nitrogens is 3. The van der Waals surface area contributed by atoms with Gasteiger partial charge in [-0.05, 0) is 37.8 Å². The summed E-state index contributed by atoms with van der Waals surface area (Å²) < 4.78 is 12.5. The van der Waals surface area contributed by atoms with Crippen molar-refractivity contribution < 1.29 is 14.3 Å². The Labute approximate surface area is 152 Å². The number of benzene rings is 1. The molecule has 2 bridgehead atoms. The highest BCUT2D eigenvalue weighted by Gasteiger charge is 2.44. The summed E-state index contributed by atoms with van der Waals surface area (Å²) in [6.45, 7) is 0.470. The second kappa shape index (κ2) is 7.07. The molecule has 3 heterocycles. The number of carbonyl (C=O) groups excluding carboxylic acids is 1. The van der Waals surface area contributed by atoms with Crippen molar-refractivity contribution in [1.82, 2.24) is 19.9 Å². The molecule has 1 aromatic carbocycles. The van der Waals surface area contributed by atoms with Gasteiger partial charge in [-0.3, -0.25) is 4.79 Å². The molecule has 26 heavy (non-hydrogen) atoms. The lowest BCUT2D eigenvalue weighted by molar-refractivity contribution is 0.0519. The van der Waals surface area contributed by atoms with Gasteiger partial charge in [0.1, 0.15) is 11.4 Å². The van der Waals surface area contributed by atoms with Gasteiger partial charge >= 0.3 is 0 Å². The number of methoxy groups -OCH3 is 2. The number of hydrogen-bond acceptors (Lipinski definition) is 5. The largest absolute Gasteiger partial charge is 0.496 e. The number of fused-ring (bicyclic) bond motifs is 2. The Morgan fingerprint density at radius 1 is 1.15 bits per heavy atom. The van der Waals surface area contributed by atoms with Crippen LogP contribution in [0.15, 0.2) is 30.5 Å². The quantitative estimate of drug-likeness (QED) is 0.823. The van der Waals surface area contributed by atoms with E-state index in [2.05, 4.69) is 15.2 Å². The van der Waals surface area contributed by atoms with Gasteiger partial charge in [0.25, 0.3) is 5.91 Å². The van der Waals surface area contributed by atoms with E-state index in [-0.39, 0.29) is 24.0 Å². The lowest BCUT2D eigenvalue weighted by Gasteiger charge is -2.39. The van der Waals surface area contributed by atoms with Crippen molar-refractivity contribution in [3.8, 4) is 5.75 Å². The van der Waals surface area contributed by atoms with E-state index in [0.29, 0.717) is 17.9 Å². The highest BCUT2D eigenvalue weighted by molar-refractivity contribution is 5.97. The fourth-order valence-electron chi connectivity index (χ4n) is 4.36. The van der Waals surface area contributed by atoms with Gasteiger partial charge in [-0.25, -0.2) is 4.68 Å². The van der Waals surface area contributed by atoms with E-state index in [9.17, 15) is 4.79 Å². The number of rotatable bonds is 5. The molecule has 138 valence electrons. The van der Waals surface area contributed by atoms with E-state index in [1.807, 2.05) is 35.1 Å². The number of nitrogens with zero attached hydrogens (tertiary/aromatic N) is 4. The van der Waals surface area contributed by atoms with E-state index >= 15 is 0 Å². The molecule has 7 nitrogen and oxygen atoms in total. The summed E-state index contributed by atoms with van der Waals surface area (Å²) in [6, 6.07) is 8.23. The summed E-state index contributed by atoms with van der Waals surface area (Å²) in [5.74, 6) is 0.714. The molecule has 2 aliphatic heterocycles. The fourth-order valence-corrected chi connectivity index (χ4v) is 4.36. The van der Waals surface area contributed by atoms with Crippen LogP contribution in [-0.4, -0.2) is 52.1 Å². The molecule has 1 amide bonds. The molecule has 2 fully saturated rings. The summed E-state index contributed by atoms with van der Waals surface area (Å²) >= 11 is 0. The number of carbonyl (C=O) groups is 1. The zero-order valence-electron chi connectivity index (χ0n) is 15.2. The van der Waals surface area contributed by atoms with Crippen LogP contribution >= 0.6 is 0 Å². The molecule has 0 radical (unpaired) electrons. The maximum absolute atomic E-state index is 13.2. The van der Waals surface area contributed by atoms with Gasteiger partial charge in [0, 0.05) is 19.2 Å². The first-order valence-electron chi connectivity index (χ1n) is 9.06. The summed E-state index contributed by atoms with van der Waals surface area (Å²) in [4.78, 5) is 15.2. The molecule has 2 aromatic rings. The van der Waals surface area contributed by atoms with Crippen molar-refractivity contribution in [1.29, 1.82) is 0 Å². The van der Waals surface area contributed by atoms with E-state index < -0.39 is 0 Å². The van der Waals surface area contributed by atoms with Crippen LogP contribution in [0.25, 0.3) is 0 Å². The average Bonchev–Trinajstić information content (AvgIpc) is 3.23. The van der Waals surface area contributed by atoms with E-state index in [1.165, 1.54) is 0 Å². The molecular formula is C19H24N4O3. The predicted octanol–water partition coefficient (Wildman–Crippen LogP) is 2.44. The van der Waals surface area contributed by atoms with Crippen LogP contribution in [0.2, 0.25) is 0 Å². The van der Waals surface area contributed by atoms with E-state index in [4.69, 9.17) is 9.47 Å². The van der Waals surface area contributed by atoms with Gasteiger partial charge in [0.05, 0.1) is 31.5 Å². The van der Waals surface area contributed by atoms with Gasteiger partial charge in [-0.15, -0.1) is 5.10 Å². The lowest BCUT2D eigenvalue weighted by Crippen LogP contribution is -2.47. The first kappa shape index (κ1) is 17.0. The Balaban J connectivity index is 1.52. The zero-order chi connectivity index (χ0) is 18.1. The van der Waals surface area contributed by atoms with E-state index in [0.717, 1.165) is 31.4 Å². The Morgan fingerprint density at radius 2 is 1.88 bits per heavy atom. The molecule has 2 aliphatic rings. The van der Waals surface area contributed by atoms with Crippen LogP contribution in [0.3, 0.4) is 0 Å². The smallest absolute Gasteiger partial charge is 0.258 e. The minimum atomic E-state index is 0.0760. The number of para-hydroxylation sites is 1. The number of amides is 1. The van der Waals surface area contributed by atoms with Crippen LogP contribution in [-0.2, 0) is 11.3 Å². The maximum atomic E-state index is 13.2. The zero-order valence-corrected chi connectivity index (χ0v) is 15.2. The average molecular weight is 356 g/mol. The van der Waals surface area contributed by atoms with Crippen molar-refractivity contribution in [2.24, 2.45) is 0 Å². The lowest BCUT2D eigenvalue weighted by atomic mass is 9.96. The van der Waals surface area contributed by atoms with Crippen LogP contribution < -0.4 is 4.74 Å². The molecule has 2 unspecified atom stereocenters. The predicted molar refractivity (Wildman–Crippen MR) is 95.0 cm³/mol. The van der Waals surface area contributed by atoms with Crippen LogP contribution in [0.1, 0.15) is 47.8 Å². The minimum absolute atomic E-state index is 0.0760. The third kappa shape index (κ3) is 2.96. The third-order valence-corrected chi connectivity index (χ3v) is 5.50. The van der Waals surface area contributed by atoms with E-state index in [1.54, 1.807) is 14.2 Å². The van der Waals surface area contributed by atoms with Crippen molar-refractivity contribution in [2.45, 2.75) is 50.4 Å². The van der Waals surface area contributed by atoms with Crippen LogP contribution in [0.4, 0.5) is 0 Å². The topological polar surface area (TPSA) is 69.5 Å². The normalized spacial score (nSPS) is 24.7. The highest BCUT2D eigenvalue weighted by atomic mass is 16.5. The molecule has 0 aliphatic carbocycles. The molecule has 4 rings (SSSR count). The number of piperidine rings is 1. The SMILES string of the molecule is COCc1cn(C2CC3CCC(C2)N3C(=O)c2ccccc2OC)nn1. The first-order valence-corrected chi connectivity index (χ1v) is 9.06. The Hall–Kier alpha value is -2.41. The Morgan fingerprint density at radius 3 is 2.58 bits per heavy atom. The summed E-state index contributed by atoms with van der Waals surface area (Å²) in [7, 11) is 3.26. The number of hydrogen-bond donors (Lipinski definition) is 0. The molecule has 0 spiro atoms. The third-order valence-electron chi connectivity index (χ3n) is 5.50. The molecule has 7 heteroatoms. The molecular weight excluding hydrogens is 332 g/mol. The van der Waals surface area contributed by atoms with Gasteiger partial charge in [-0.1, -0.05) is 17.3 Å². The highest BCUT2D eigenvalue weighted by Crippen LogP contribution is 2.42. The first-order chi connectivity index (χ1) is 12.7. The van der Waals surface area contributed by atoms with Crippen molar-refractivity contribution in [3.05, 3.63) is 41.7 Å². The van der Waals surface area contributed by atoms with Gasteiger partial charge in [0.15, 0.2) is 0 Å². The second-order valence-electron chi connectivity index (χ2n) is 7.05.